The van der Waals surface area contributed by atoms with E-state index in [-0.39, 0.29) is 24.6 Å². The van der Waals surface area contributed by atoms with E-state index < -0.39 is 27.8 Å². The molecule has 3 rings (SSSR count). The predicted octanol–water partition coefficient (Wildman–Crippen LogP) is 3.96. The van der Waals surface area contributed by atoms with Crippen molar-refractivity contribution >= 4 is 27.6 Å². The Hall–Kier alpha value is -2.71. The van der Waals surface area contributed by atoms with Crippen LogP contribution < -0.4 is 5.32 Å². The number of hydrogen-bond acceptors (Lipinski definition) is 5. The molecule has 1 aliphatic rings. The summed E-state index contributed by atoms with van der Waals surface area (Å²) in [6, 6.07) is 14.5. The lowest BCUT2D eigenvalue weighted by Gasteiger charge is -2.30. The molecule has 0 aromatic heterocycles. The van der Waals surface area contributed by atoms with Gasteiger partial charge in [0.1, 0.15) is 0 Å². The first kappa shape index (κ1) is 24.9. The van der Waals surface area contributed by atoms with E-state index in [4.69, 9.17) is 4.74 Å². The lowest BCUT2D eigenvalue weighted by molar-refractivity contribution is -0.152. The van der Waals surface area contributed by atoms with Gasteiger partial charge in [0.25, 0.3) is 5.91 Å². The van der Waals surface area contributed by atoms with Crippen LogP contribution in [0, 0.1) is 5.92 Å². The van der Waals surface area contributed by atoms with E-state index in [0.29, 0.717) is 24.4 Å². The van der Waals surface area contributed by atoms with Crippen molar-refractivity contribution < 1.29 is 22.7 Å². The number of piperidine rings is 1. The molecule has 0 spiro atoms. The topological polar surface area (TPSA) is 92.8 Å². The number of rotatable bonds is 8. The van der Waals surface area contributed by atoms with Crippen molar-refractivity contribution in [1.29, 1.82) is 0 Å². The molecule has 1 fully saturated rings. The third-order valence-corrected chi connectivity index (χ3v) is 7.85. The smallest absolute Gasteiger partial charge is 0.309 e. The van der Waals surface area contributed by atoms with Gasteiger partial charge in [-0.15, -0.1) is 0 Å². The van der Waals surface area contributed by atoms with Crippen LogP contribution in [-0.4, -0.2) is 44.3 Å². The highest BCUT2D eigenvalue weighted by Crippen LogP contribution is 2.26. The molecule has 33 heavy (non-hydrogen) atoms. The Morgan fingerprint density at radius 1 is 1.09 bits per heavy atom. The number of carbonyl (C=O) groups excluding carboxylic acids is 2. The van der Waals surface area contributed by atoms with E-state index in [1.807, 2.05) is 37.3 Å². The maximum atomic E-state index is 12.9. The van der Waals surface area contributed by atoms with E-state index in [1.165, 1.54) is 4.31 Å². The second-order valence-electron chi connectivity index (χ2n) is 8.61. The molecule has 0 radical (unpaired) electrons. The molecule has 1 amide bonds. The number of ether oxygens (including phenoxy) is 1. The number of benzene rings is 2. The van der Waals surface area contributed by atoms with Crippen LogP contribution in [0.5, 0.6) is 0 Å². The molecule has 1 N–H and O–H groups in total. The summed E-state index contributed by atoms with van der Waals surface area (Å²) in [5.41, 5.74) is 2.84. The van der Waals surface area contributed by atoms with Crippen LogP contribution in [0.15, 0.2) is 53.4 Å². The Labute approximate surface area is 196 Å². The van der Waals surface area contributed by atoms with Gasteiger partial charge < -0.3 is 10.1 Å². The first-order valence-corrected chi connectivity index (χ1v) is 12.8. The van der Waals surface area contributed by atoms with E-state index >= 15 is 0 Å². The average molecular weight is 473 g/mol. The van der Waals surface area contributed by atoms with Crippen molar-refractivity contribution in [3.05, 3.63) is 59.7 Å². The quantitative estimate of drug-likeness (QED) is 0.587. The van der Waals surface area contributed by atoms with Crippen molar-refractivity contribution in [3.8, 4) is 0 Å². The van der Waals surface area contributed by atoms with Crippen LogP contribution in [0.25, 0.3) is 0 Å². The van der Waals surface area contributed by atoms with E-state index in [0.717, 1.165) is 17.5 Å². The van der Waals surface area contributed by atoms with Gasteiger partial charge in [0, 0.05) is 18.8 Å². The van der Waals surface area contributed by atoms with Gasteiger partial charge in [-0.3, -0.25) is 9.59 Å². The number of carbonyl (C=O) groups is 2. The third kappa shape index (κ3) is 6.42. The second kappa shape index (κ2) is 10.9. The van der Waals surface area contributed by atoms with Gasteiger partial charge in [-0.1, -0.05) is 45.0 Å². The third-order valence-electron chi connectivity index (χ3n) is 5.94. The molecule has 0 atom stereocenters. The Bertz CT molecular complexity index is 1070. The fraction of sp³-hybridized carbons (Fsp3) is 0.440. The van der Waals surface area contributed by atoms with Gasteiger partial charge in [0.05, 0.1) is 10.8 Å². The Kier molecular flexibility index (Phi) is 8.26. The Morgan fingerprint density at radius 3 is 2.36 bits per heavy atom. The zero-order valence-corrected chi connectivity index (χ0v) is 20.2. The maximum absolute atomic E-state index is 12.9. The molecule has 0 bridgehead atoms. The van der Waals surface area contributed by atoms with Crippen molar-refractivity contribution in [1.82, 2.24) is 4.31 Å². The molecule has 0 unspecified atom stereocenters. The highest BCUT2D eigenvalue weighted by Gasteiger charge is 2.33. The van der Waals surface area contributed by atoms with Gasteiger partial charge in [0.15, 0.2) is 6.61 Å². The zero-order chi connectivity index (χ0) is 24.0. The molecular formula is C25H32N2O5S. The number of amides is 1. The SMILES string of the molecule is CCc1cccc(NC(=O)COC(=O)C2CCN(S(=O)(=O)c3ccc(C(C)C)cc3)CC2)c1. The Balaban J connectivity index is 1.48. The summed E-state index contributed by atoms with van der Waals surface area (Å²) in [7, 11) is -3.60. The lowest BCUT2D eigenvalue weighted by Crippen LogP contribution is -2.40. The van der Waals surface area contributed by atoms with Crippen LogP contribution in [0.4, 0.5) is 5.69 Å². The maximum Gasteiger partial charge on any atom is 0.309 e. The average Bonchev–Trinajstić information content (AvgIpc) is 2.82. The molecule has 8 heteroatoms. The zero-order valence-electron chi connectivity index (χ0n) is 19.4. The van der Waals surface area contributed by atoms with Crippen LogP contribution in [-0.2, 0) is 30.8 Å². The fourth-order valence-corrected chi connectivity index (χ4v) is 5.30. The minimum Gasteiger partial charge on any atom is -0.455 e. The summed E-state index contributed by atoms with van der Waals surface area (Å²) >= 11 is 0. The summed E-state index contributed by atoms with van der Waals surface area (Å²) in [4.78, 5) is 24.8. The molecular weight excluding hydrogens is 440 g/mol. The van der Waals surface area contributed by atoms with Crippen molar-refractivity contribution in [2.75, 3.05) is 25.0 Å². The summed E-state index contributed by atoms with van der Waals surface area (Å²) < 4.78 is 32.5. The van der Waals surface area contributed by atoms with Gasteiger partial charge in [-0.25, -0.2) is 8.42 Å². The van der Waals surface area contributed by atoms with Gasteiger partial charge in [0.2, 0.25) is 10.0 Å². The number of nitrogens with zero attached hydrogens (tertiary/aromatic N) is 1. The number of aryl methyl sites for hydroxylation is 1. The molecule has 1 heterocycles. The van der Waals surface area contributed by atoms with Crippen LogP contribution in [0.3, 0.4) is 0 Å². The number of nitrogens with one attached hydrogen (secondary N) is 1. The molecule has 178 valence electrons. The molecule has 0 saturated carbocycles. The standard InChI is InChI=1S/C25H32N2O5S/c1-4-19-6-5-7-22(16-19)26-24(28)17-32-25(29)21-12-14-27(15-13-21)33(30,31)23-10-8-20(9-11-23)18(2)3/h5-11,16,18,21H,4,12-15,17H2,1-3H3,(H,26,28). The van der Waals surface area contributed by atoms with E-state index in [9.17, 15) is 18.0 Å². The first-order chi connectivity index (χ1) is 15.7. The second-order valence-corrected chi connectivity index (χ2v) is 10.5. The molecule has 2 aromatic rings. The minimum atomic E-state index is -3.60. The summed E-state index contributed by atoms with van der Waals surface area (Å²) in [6.45, 7) is 6.26. The molecule has 2 aromatic carbocycles. The largest absolute Gasteiger partial charge is 0.455 e. The first-order valence-electron chi connectivity index (χ1n) is 11.4. The van der Waals surface area contributed by atoms with E-state index in [1.54, 1.807) is 18.2 Å². The van der Waals surface area contributed by atoms with Crippen LogP contribution in [0.2, 0.25) is 0 Å². The highest BCUT2D eigenvalue weighted by atomic mass is 32.2. The monoisotopic (exact) mass is 472 g/mol. The number of anilines is 1. The molecule has 1 aliphatic heterocycles. The van der Waals surface area contributed by atoms with Crippen molar-refractivity contribution in [3.63, 3.8) is 0 Å². The highest BCUT2D eigenvalue weighted by molar-refractivity contribution is 7.89. The molecule has 1 saturated heterocycles. The molecule has 0 aliphatic carbocycles. The number of hydrogen-bond donors (Lipinski definition) is 1. The predicted molar refractivity (Wildman–Crippen MR) is 127 cm³/mol. The summed E-state index contributed by atoms with van der Waals surface area (Å²) in [6.07, 6.45) is 1.58. The summed E-state index contributed by atoms with van der Waals surface area (Å²) in [5.74, 6) is -0.963. The van der Waals surface area contributed by atoms with Crippen LogP contribution in [0.1, 0.15) is 50.7 Å². The minimum absolute atomic E-state index is 0.240. The number of sulfonamides is 1. The normalized spacial score (nSPS) is 15.4. The Morgan fingerprint density at radius 2 is 1.76 bits per heavy atom. The van der Waals surface area contributed by atoms with Crippen molar-refractivity contribution in [2.24, 2.45) is 5.92 Å². The number of esters is 1. The van der Waals surface area contributed by atoms with Crippen LogP contribution >= 0.6 is 0 Å². The lowest BCUT2D eigenvalue weighted by atomic mass is 9.98. The van der Waals surface area contributed by atoms with Crippen molar-refractivity contribution in [2.45, 2.75) is 50.8 Å². The van der Waals surface area contributed by atoms with Gasteiger partial charge in [-0.05, 0) is 60.6 Å². The van der Waals surface area contributed by atoms with Gasteiger partial charge in [-0.2, -0.15) is 4.31 Å². The summed E-state index contributed by atoms with van der Waals surface area (Å²) in [5, 5.41) is 2.73. The fourth-order valence-electron chi connectivity index (χ4n) is 3.83. The van der Waals surface area contributed by atoms with Gasteiger partial charge >= 0.3 is 5.97 Å². The van der Waals surface area contributed by atoms with E-state index in [2.05, 4.69) is 19.2 Å². The molecule has 7 nitrogen and oxygen atoms in total.